The maximum Gasteiger partial charge on any atom is 0.251 e. The second-order valence-electron chi connectivity index (χ2n) is 6.34. The van der Waals surface area contributed by atoms with Crippen LogP contribution in [0.15, 0.2) is 18.2 Å². The van der Waals surface area contributed by atoms with E-state index in [9.17, 15) is 4.79 Å². The van der Waals surface area contributed by atoms with Crippen LogP contribution in [0.3, 0.4) is 0 Å². The quantitative estimate of drug-likeness (QED) is 0.829. The minimum atomic E-state index is 0.00856. The van der Waals surface area contributed by atoms with Crippen LogP contribution in [0.4, 0.5) is 5.69 Å². The number of aryl methyl sites for hydroxylation is 1. The summed E-state index contributed by atoms with van der Waals surface area (Å²) in [5.41, 5.74) is 8.25. The fraction of sp³-hybridized carbons (Fsp3) is 0.588. The van der Waals surface area contributed by atoms with Gasteiger partial charge in [-0.1, -0.05) is 32.8 Å². The molecule has 2 atom stereocenters. The van der Waals surface area contributed by atoms with E-state index in [1.807, 2.05) is 19.1 Å². The van der Waals surface area contributed by atoms with Gasteiger partial charge in [-0.05, 0) is 49.3 Å². The van der Waals surface area contributed by atoms with Crippen molar-refractivity contribution >= 4 is 11.6 Å². The van der Waals surface area contributed by atoms with Gasteiger partial charge in [0.1, 0.15) is 0 Å². The number of rotatable bonds is 3. The van der Waals surface area contributed by atoms with Crippen molar-refractivity contribution in [2.24, 2.45) is 11.8 Å². The highest BCUT2D eigenvalue weighted by Gasteiger charge is 2.28. The van der Waals surface area contributed by atoms with E-state index in [2.05, 4.69) is 19.2 Å². The Morgan fingerprint density at radius 3 is 2.65 bits per heavy atom. The van der Waals surface area contributed by atoms with E-state index in [0.29, 0.717) is 29.1 Å². The minimum Gasteiger partial charge on any atom is -0.398 e. The van der Waals surface area contributed by atoms with Crippen LogP contribution in [-0.2, 0) is 0 Å². The summed E-state index contributed by atoms with van der Waals surface area (Å²) < 4.78 is 0. The number of nitrogen functional groups attached to an aromatic ring is 1. The Labute approximate surface area is 121 Å². The molecule has 1 aromatic carbocycles. The zero-order valence-electron chi connectivity index (χ0n) is 12.8. The van der Waals surface area contributed by atoms with Crippen molar-refractivity contribution < 1.29 is 4.79 Å². The van der Waals surface area contributed by atoms with Crippen molar-refractivity contribution in [1.82, 2.24) is 5.32 Å². The van der Waals surface area contributed by atoms with Crippen LogP contribution in [-0.4, -0.2) is 11.9 Å². The number of benzene rings is 1. The van der Waals surface area contributed by atoms with E-state index >= 15 is 0 Å². The molecule has 20 heavy (non-hydrogen) atoms. The van der Waals surface area contributed by atoms with Crippen molar-refractivity contribution in [1.29, 1.82) is 0 Å². The number of hydrogen-bond donors (Lipinski definition) is 2. The van der Waals surface area contributed by atoms with E-state index < -0.39 is 0 Å². The lowest BCUT2D eigenvalue weighted by Gasteiger charge is -2.35. The summed E-state index contributed by atoms with van der Waals surface area (Å²) in [6, 6.07) is 5.84. The molecule has 3 N–H and O–H groups in total. The highest BCUT2D eigenvalue weighted by atomic mass is 16.1. The molecule has 0 heterocycles. The standard InChI is InChI=1S/C17H26N2O/c1-11(2)14-6-4-5-7-16(14)19-17(20)13-9-8-12(3)15(18)10-13/h8-11,14,16H,4-7,18H2,1-3H3,(H,19,20). The average Bonchev–Trinajstić information content (AvgIpc) is 2.42. The number of carbonyl (C=O) groups is 1. The van der Waals surface area contributed by atoms with Crippen molar-refractivity contribution in [2.45, 2.75) is 52.5 Å². The monoisotopic (exact) mass is 274 g/mol. The topological polar surface area (TPSA) is 55.1 Å². The van der Waals surface area contributed by atoms with Crippen molar-refractivity contribution in [3.05, 3.63) is 29.3 Å². The maximum absolute atomic E-state index is 12.4. The van der Waals surface area contributed by atoms with Crippen LogP contribution in [0.1, 0.15) is 55.5 Å². The molecule has 1 fully saturated rings. The van der Waals surface area contributed by atoms with Crippen LogP contribution >= 0.6 is 0 Å². The van der Waals surface area contributed by atoms with Crippen LogP contribution in [0, 0.1) is 18.8 Å². The first-order valence-corrected chi connectivity index (χ1v) is 7.66. The first kappa shape index (κ1) is 14.9. The molecular formula is C17H26N2O. The molecule has 0 spiro atoms. The molecule has 3 heteroatoms. The average molecular weight is 274 g/mol. The molecule has 0 saturated heterocycles. The number of hydrogen-bond acceptors (Lipinski definition) is 2. The van der Waals surface area contributed by atoms with Gasteiger partial charge in [-0.2, -0.15) is 0 Å². The van der Waals surface area contributed by atoms with Gasteiger partial charge in [-0.25, -0.2) is 0 Å². The highest BCUT2D eigenvalue weighted by Crippen LogP contribution is 2.30. The van der Waals surface area contributed by atoms with E-state index in [4.69, 9.17) is 5.73 Å². The van der Waals surface area contributed by atoms with E-state index in [0.717, 1.165) is 12.0 Å². The SMILES string of the molecule is Cc1ccc(C(=O)NC2CCCCC2C(C)C)cc1N. The lowest BCUT2D eigenvalue weighted by Crippen LogP contribution is -2.43. The van der Waals surface area contributed by atoms with Crippen molar-refractivity contribution in [3.63, 3.8) is 0 Å². The van der Waals surface area contributed by atoms with Gasteiger partial charge >= 0.3 is 0 Å². The molecule has 1 amide bonds. The lowest BCUT2D eigenvalue weighted by atomic mass is 9.78. The fourth-order valence-corrected chi connectivity index (χ4v) is 3.17. The number of amides is 1. The smallest absolute Gasteiger partial charge is 0.251 e. The number of anilines is 1. The third kappa shape index (κ3) is 3.33. The summed E-state index contributed by atoms with van der Waals surface area (Å²) in [6.07, 6.45) is 4.81. The molecule has 1 saturated carbocycles. The molecule has 0 radical (unpaired) electrons. The third-order valence-electron chi connectivity index (χ3n) is 4.53. The molecule has 0 bridgehead atoms. The van der Waals surface area contributed by atoms with Gasteiger partial charge in [0.2, 0.25) is 0 Å². The van der Waals surface area contributed by atoms with Gasteiger partial charge in [0, 0.05) is 17.3 Å². The molecule has 1 aliphatic carbocycles. The summed E-state index contributed by atoms with van der Waals surface area (Å²) in [4.78, 5) is 12.4. The number of nitrogens with two attached hydrogens (primary N) is 1. The van der Waals surface area contributed by atoms with Crippen molar-refractivity contribution in [2.75, 3.05) is 5.73 Å². The molecule has 110 valence electrons. The molecule has 2 rings (SSSR count). The highest BCUT2D eigenvalue weighted by molar-refractivity contribution is 5.95. The van der Waals surface area contributed by atoms with Gasteiger partial charge in [0.15, 0.2) is 0 Å². The Morgan fingerprint density at radius 2 is 2.00 bits per heavy atom. The van der Waals surface area contributed by atoms with Crippen LogP contribution in [0.5, 0.6) is 0 Å². The van der Waals surface area contributed by atoms with Crippen LogP contribution in [0.2, 0.25) is 0 Å². The van der Waals surface area contributed by atoms with Crippen LogP contribution < -0.4 is 11.1 Å². The van der Waals surface area contributed by atoms with E-state index in [-0.39, 0.29) is 5.91 Å². The molecule has 2 unspecified atom stereocenters. The molecular weight excluding hydrogens is 248 g/mol. The number of carbonyl (C=O) groups excluding carboxylic acids is 1. The van der Waals surface area contributed by atoms with E-state index in [1.54, 1.807) is 6.07 Å². The molecule has 0 aliphatic heterocycles. The molecule has 1 aliphatic rings. The zero-order chi connectivity index (χ0) is 14.7. The minimum absolute atomic E-state index is 0.00856. The Morgan fingerprint density at radius 1 is 1.30 bits per heavy atom. The van der Waals surface area contributed by atoms with Gasteiger partial charge in [0.05, 0.1) is 0 Å². The van der Waals surface area contributed by atoms with Crippen LogP contribution in [0.25, 0.3) is 0 Å². The summed E-state index contributed by atoms with van der Waals surface area (Å²) in [7, 11) is 0. The predicted molar refractivity (Wildman–Crippen MR) is 83.6 cm³/mol. The summed E-state index contributed by atoms with van der Waals surface area (Å²) in [6.45, 7) is 6.45. The second kappa shape index (κ2) is 6.29. The van der Waals surface area contributed by atoms with Gasteiger partial charge in [-0.3, -0.25) is 4.79 Å². The Kier molecular flexibility index (Phi) is 4.69. The third-order valence-corrected chi connectivity index (χ3v) is 4.53. The predicted octanol–water partition coefficient (Wildman–Crippen LogP) is 3.52. The Bertz CT molecular complexity index is 482. The largest absolute Gasteiger partial charge is 0.398 e. The first-order chi connectivity index (χ1) is 9.49. The Balaban J connectivity index is 2.07. The zero-order valence-corrected chi connectivity index (χ0v) is 12.8. The summed E-state index contributed by atoms with van der Waals surface area (Å²) >= 11 is 0. The van der Waals surface area contributed by atoms with Gasteiger partial charge < -0.3 is 11.1 Å². The summed E-state index contributed by atoms with van der Waals surface area (Å²) in [5, 5.41) is 3.22. The molecule has 3 nitrogen and oxygen atoms in total. The normalized spacial score (nSPS) is 22.8. The number of nitrogens with one attached hydrogen (secondary N) is 1. The van der Waals surface area contributed by atoms with Gasteiger partial charge in [-0.15, -0.1) is 0 Å². The Hall–Kier alpha value is -1.51. The van der Waals surface area contributed by atoms with E-state index in [1.165, 1.54) is 19.3 Å². The molecule has 1 aromatic rings. The summed E-state index contributed by atoms with van der Waals surface area (Å²) in [5.74, 6) is 1.22. The first-order valence-electron chi connectivity index (χ1n) is 7.66. The second-order valence-corrected chi connectivity index (χ2v) is 6.34. The molecule has 0 aromatic heterocycles. The lowest BCUT2D eigenvalue weighted by molar-refractivity contribution is 0.0889. The van der Waals surface area contributed by atoms with Gasteiger partial charge in [0.25, 0.3) is 5.91 Å². The fourth-order valence-electron chi connectivity index (χ4n) is 3.17. The van der Waals surface area contributed by atoms with Crippen molar-refractivity contribution in [3.8, 4) is 0 Å². The maximum atomic E-state index is 12.4.